The molecule has 2 heterocycles. The molecule has 126 valence electrons. The van der Waals surface area contributed by atoms with E-state index in [1.54, 1.807) is 0 Å². The molecule has 0 spiro atoms. The van der Waals surface area contributed by atoms with Crippen LogP contribution in [0.25, 0.3) is 0 Å². The number of nitrogens with one attached hydrogen (secondary N) is 2. The van der Waals surface area contributed by atoms with Gasteiger partial charge in [0.05, 0.1) is 0 Å². The summed E-state index contributed by atoms with van der Waals surface area (Å²) >= 11 is 0. The molecule has 0 aliphatic carbocycles. The number of halogens is 1. The SMILES string of the molecule is O=C(NC1CCN(CC2CCNCC2)CC1)c1ccc(F)cc1. The molecule has 1 amide bonds. The van der Waals surface area contributed by atoms with Crippen LogP contribution < -0.4 is 10.6 Å². The molecule has 0 bridgehead atoms. The fourth-order valence-electron chi connectivity index (χ4n) is 3.56. The van der Waals surface area contributed by atoms with Gasteiger partial charge < -0.3 is 15.5 Å². The Hall–Kier alpha value is -1.46. The van der Waals surface area contributed by atoms with Crippen molar-refractivity contribution >= 4 is 5.91 Å². The van der Waals surface area contributed by atoms with Crippen LogP contribution in [-0.4, -0.2) is 49.6 Å². The van der Waals surface area contributed by atoms with Gasteiger partial charge in [0.25, 0.3) is 5.91 Å². The average molecular weight is 319 g/mol. The lowest BCUT2D eigenvalue weighted by atomic mass is 9.96. The van der Waals surface area contributed by atoms with Crippen LogP contribution in [0.4, 0.5) is 4.39 Å². The Balaban J connectivity index is 1.41. The molecule has 2 N–H and O–H groups in total. The third-order valence-corrected chi connectivity index (χ3v) is 5.00. The van der Waals surface area contributed by atoms with Crippen molar-refractivity contribution in [1.82, 2.24) is 15.5 Å². The molecule has 2 aliphatic rings. The van der Waals surface area contributed by atoms with E-state index in [0.717, 1.165) is 44.9 Å². The lowest BCUT2D eigenvalue weighted by Crippen LogP contribution is -2.46. The summed E-state index contributed by atoms with van der Waals surface area (Å²) in [4.78, 5) is 14.7. The van der Waals surface area contributed by atoms with E-state index in [1.165, 1.54) is 43.7 Å². The molecule has 0 aromatic heterocycles. The Morgan fingerprint density at radius 2 is 1.78 bits per heavy atom. The lowest BCUT2D eigenvalue weighted by Gasteiger charge is -2.35. The average Bonchev–Trinajstić information content (AvgIpc) is 2.58. The van der Waals surface area contributed by atoms with E-state index in [0.29, 0.717) is 5.56 Å². The maximum Gasteiger partial charge on any atom is 0.251 e. The molecule has 1 aromatic carbocycles. The van der Waals surface area contributed by atoms with Crippen LogP contribution in [-0.2, 0) is 0 Å². The van der Waals surface area contributed by atoms with Gasteiger partial charge in [-0.25, -0.2) is 4.39 Å². The second-order valence-electron chi connectivity index (χ2n) is 6.75. The predicted molar refractivity (Wildman–Crippen MR) is 88.9 cm³/mol. The molecule has 0 atom stereocenters. The van der Waals surface area contributed by atoms with E-state index in [2.05, 4.69) is 15.5 Å². The van der Waals surface area contributed by atoms with E-state index in [-0.39, 0.29) is 17.8 Å². The Bertz CT molecular complexity index is 506. The lowest BCUT2D eigenvalue weighted by molar-refractivity contribution is 0.0902. The smallest absolute Gasteiger partial charge is 0.251 e. The highest BCUT2D eigenvalue weighted by molar-refractivity contribution is 5.94. The highest BCUT2D eigenvalue weighted by Gasteiger charge is 2.23. The van der Waals surface area contributed by atoms with Gasteiger partial charge in [-0.05, 0) is 69.0 Å². The fourth-order valence-corrected chi connectivity index (χ4v) is 3.56. The van der Waals surface area contributed by atoms with Gasteiger partial charge in [-0.1, -0.05) is 0 Å². The zero-order valence-corrected chi connectivity index (χ0v) is 13.6. The molecule has 0 saturated carbocycles. The third-order valence-electron chi connectivity index (χ3n) is 5.00. The number of nitrogens with zero attached hydrogens (tertiary/aromatic N) is 1. The molecule has 0 unspecified atom stereocenters. The van der Waals surface area contributed by atoms with Gasteiger partial charge in [0.2, 0.25) is 0 Å². The van der Waals surface area contributed by atoms with Crippen molar-refractivity contribution < 1.29 is 9.18 Å². The predicted octanol–water partition coefficient (Wildman–Crippen LogP) is 2.02. The van der Waals surface area contributed by atoms with Crippen molar-refractivity contribution in [1.29, 1.82) is 0 Å². The van der Waals surface area contributed by atoms with Crippen molar-refractivity contribution in [2.45, 2.75) is 31.7 Å². The van der Waals surface area contributed by atoms with Crippen molar-refractivity contribution in [2.24, 2.45) is 5.92 Å². The molecule has 2 fully saturated rings. The van der Waals surface area contributed by atoms with E-state index in [9.17, 15) is 9.18 Å². The number of rotatable bonds is 4. The summed E-state index contributed by atoms with van der Waals surface area (Å²) < 4.78 is 12.9. The Morgan fingerprint density at radius 1 is 1.13 bits per heavy atom. The Labute approximate surface area is 137 Å². The van der Waals surface area contributed by atoms with Gasteiger partial charge in [0.15, 0.2) is 0 Å². The topological polar surface area (TPSA) is 44.4 Å². The first-order chi connectivity index (χ1) is 11.2. The summed E-state index contributed by atoms with van der Waals surface area (Å²) in [6.45, 7) is 5.60. The molecule has 2 aliphatic heterocycles. The second-order valence-corrected chi connectivity index (χ2v) is 6.75. The number of hydrogen-bond donors (Lipinski definition) is 2. The molecule has 4 nitrogen and oxygen atoms in total. The number of carbonyl (C=O) groups excluding carboxylic acids is 1. The Morgan fingerprint density at radius 3 is 2.43 bits per heavy atom. The van der Waals surface area contributed by atoms with Gasteiger partial charge in [-0.3, -0.25) is 4.79 Å². The minimum absolute atomic E-state index is 0.0956. The van der Waals surface area contributed by atoms with Crippen molar-refractivity contribution in [3.63, 3.8) is 0 Å². The molecule has 23 heavy (non-hydrogen) atoms. The number of likely N-dealkylation sites (tertiary alicyclic amines) is 1. The Kier molecular flexibility index (Phi) is 5.62. The van der Waals surface area contributed by atoms with E-state index in [4.69, 9.17) is 0 Å². The maximum absolute atomic E-state index is 12.9. The van der Waals surface area contributed by atoms with Crippen LogP contribution in [0.1, 0.15) is 36.0 Å². The quantitative estimate of drug-likeness (QED) is 0.892. The first-order valence-corrected chi connectivity index (χ1v) is 8.70. The van der Waals surface area contributed by atoms with Gasteiger partial charge in [0, 0.05) is 31.2 Å². The number of carbonyl (C=O) groups is 1. The summed E-state index contributed by atoms with van der Waals surface area (Å²) in [6, 6.07) is 5.97. The van der Waals surface area contributed by atoms with Crippen molar-refractivity contribution in [3.05, 3.63) is 35.6 Å². The molecule has 3 rings (SSSR count). The number of piperidine rings is 2. The van der Waals surface area contributed by atoms with Crippen LogP contribution in [0.3, 0.4) is 0 Å². The van der Waals surface area contributed by atoms with Crippen molar-refractivity contribution in [2.75, 3.05) is 32.7 Å². The molecule has 1 aromatic rings. The van der Waals surface area contributed by atoms with Crippen LogP contribution in [0.5, 0.6) is 0 Å². The minimum atomic E-state index is -0.312. The van der Waals surface area contributed by atoms with Gasteiger partial charge in [-0.15, -0.1) is 0 Å². The summed E-state index contributed by atoms with van der Waals surface area (Å²) in [5.41, 5.74) is 0.531. The molecule has 5 heteroatoms. The maximum atomic E-state index is 12.9. The number of amides is 1. The van der Waals surface area contributed by atoms with Crippen LogP contribution in [0, 0.1) is 11.7 Å². The first-order valence-electron chi connectivity index (χ1n) is 8.70. The minimum Gasteiger partial charge on any atom is -0.349 e. The highest BCUT2D eigenvalue weighted by atomic mass is 19.1. The van der Waals surface area contributed by atoms with E-state index >= 15 is 0 Å². The largest absolute Gasteiger partial charge is 0.349 e. The van der Waals surface area contributed by atoms with E-state index < -0.39 is 0 Å². The standard InChI is InChI=1S/C18H26FN3O/c19-16-3-1-15(2-4-16)18(23)21-17-7-11-22(12-8-17)13-14-5-9-20-10-6-14/h1-4,14,17,20H,5-13H2,(H,21,23). The van der Waals surface area contributed by atoms with Crippen LogP contribution in [0.15, 0.2) is 24.3 Å². The van der Waals surface area contributed by atoms with Crippen molar-refractivity contribution in [3.8, 4) is 0 Å². The highest BCUT2D eigenvalue weighted by Crippen LogP contribution is 2.17. The van der Waals surface area contributed by atoms with Crippen LogP contribution >= 0.6 is 0 Å². The molecule has 2 saturated heterocycles. The number of benzene rings is 1. The zero-order valence-electron chi connectivity index (χ0n) is 13.6. The first kappa shape index (κ1) is 16.4. The monoisotopic (exact) mass is 319 g/mol. The zero-order chi connectivity index (χ0) is 16.1. The van der Waals surface area contributed by atoms with E-state index in [1.807, 2.05) is 0 Å². The summed E-state index contributed by atoms with van der Waals surface area (Å²) in [6.07, 6.45) is 4.55. The number of hydrogen-bond acceptors (Lipinski definition) is 3. The molecule has 0 radical (unpaired) electrons. The second kappa shape index (κ2) is 7.88. The molecular formula is C18H26FN3O. The van der Waals surface area contributed by atoms with Gasteiger partial charge in [0.1, 0.15) is 5.82 Å². The summed E-state index contributed by atoms with van der Waals surface area (Å²) in [5, 5.41) is 6.49. The van der Waals surface area contributed by atoms with Gasteiger partial charge in [-0.2, -0.15) is 0 Å². The summed E-state index contributed by atoms with van der Waals surface area (Å²) in [7, 11) is 0. The van der Waals surface area contributed by atoms with Gasteiger partial charge >= 0.3 is 0 Å². The summed E-state index contributed by atoms with van der Waals surface area (Å²) in [5.74, 6) is 0.413. The third kappa shape index (κ3) is 4.75. The normalized spacial score (nSPS) is 21.3. The molecular weight excluding hydrogens is 293 g/mol. The fraction of sp³-hybridized carbons (Fsp3) is 0.611. The van der Waals surface area contributed by atoms with Crippen LogP contribution in [0.2, 0.25) is 0 Å².